The van der Waals surface area contributed by atoms with Crippen LogP contribution in [-0.4, -0.2) is 17.1 Å². The summed E-state index contributed by atoms with van der Waals surface area (Å²) < 4.78 is 0. The molecule has 0 spiro atoms. The largest absolute Gasteiger partial charge is 0.326 e. The minimum atomic E-state index is -0.230. The number of amides is 2. The normalized spacial score (nSPS) is 11.8. The van der Waals surface area contributed by atoms with E-state index in [2.05, 4.69) is 34.9 Å². The van der Waals surface area contributed by atoms with Gasteiger partial charge in [-0.3, -0.25) is 9.59 Å². The highest BCUT2D eigenvalue weighted by atomic mass is 32.2. The van der Waals surface area contributed by atoms with Crippen LogP contribution >= 0.6 is 11.8 Å². The summed E-state index contributed by atoms with van der Waals surface area (Å²) in [6.07, 6.45) is 0. The molecule has 0 heterocycles. The summed E-state index contributed by atoms with van der Waals surface area (Å²) >= 11 is 1.53. The molecule has 3 aromatic carbocycles. The molecule has 2 amide bonds. The fourth-order valence-corrected chi connectivity index (χ4v) is 3.50. The molecule has 0 radical (unpaired) electrons. The SMILES string of the molecule is CC(=O)Nc1ccc(NC(=O)[C@@H](C)Sc2ccc3ccccc3c2)cc1. The van der Waals surface area contributed by atoms with Gasteiger partial charge < -0.3 is 10.6 Å². The van der Waals surface area contributed by atoms with Crippen LogP contribution in [0.5, 0.6) is 0 Å². The molecule has 0 bridgehead atoms. The zero-order chi connectivity index (χ0) is 18.5. The molecule has 0 aliphatic rings. The van der Waals surface area contributed by atoms with Gasteiger partial charge in [-0.2, -0.15) is 0 Å². The Morgan fingerprint density at radius 2 is 1.46 bits per heavy atom. The highest BCUT2D eigenvalue weighted by Gasteiger charge is 2.15. The maximum absolute atomic E-state index is 12.4. The topological polar surface area (TPSA) is 58.2 Å². The maximum Gasteiger partial charge on any atom is 0.237 e. The lowest BCUT2D eigenvalue weighted by Gasteiger charge is -2.13. The summed E-state index contributed by atoms with van der Waals surface area (Å²) in [5, 5.41) is 7.73. The molecule has 0 fully saturated rings. The van der Waals surface area contributed by atoms with E-state index in [0.29, 0.717) is 11.4 Å². The second-order valence-corrected chi connectivity index (χ2v) is 7.43. The molecule has 26 heavy (non-hydrogen) atoms. The Kier molecular flexibility index (Phi) is 5.58. The van der Waals surface area contributed by atoms with Crippen LogP contribution in [0.3, 0.4) is 0 Å². The molecule has 0 aliphatic carbocycles. The number of nitrogens with one attached hydrogen (secondary N) is 2. The van der Waals surface area contributed by atoms with Crippen LogP contribution in [0.25, 0.3) is 10.8 Å². The van der Waals surface area contributed by atoms with Crippen molar-refractivity contribution in [3.05, 3.63) is 66.7 Å². The lowest BCUT2D eigenvalue weighted by Crippen LogP contribution is -2.22. The molecule has 0 saturated heterocycles. The lowest BCUT2D eigenvalue weighted by molar-refractivity contribution is -0.115. The molecule has 0 unspecified atom stereocenters. The summed E-state index contributed by atoms with van der Waals surface area (Å²) in [7, 11) is 0. The summed E-state index contributed by atoms with van der Waals surface area (Å²) in [4.78, 5) is 24.5. The summed E-state index contributed by atoms with van der Waals surface area (Å²) in [5.74, 6) is -0.183. The van der Waals surface area contributed by atoms with Gasteiger partial charge in [0.15, 0.2) is 0 Å². The number of hydrogen-bond donors (Lipinski definition) is 2. The first-order valence-corrected chi connectivity index (χ1v) is 9.23. The Balaban J connectivity index is 1.62. The van der Waals surface area contributed by atoms with Crippen molar-refractivity contribution in [2.45, 2.75) is 24.0 Å². The second kappa shape index (κ2) is 8.06. The zero-order valence-electron chi connectivity index (χ0n) is 14.7. The molecule has 0 aliphatic heterocycles. The Morgan fingerprint density at radius 3 is 2.12 bits per heavy atom. The van der Waals surface area contributed by atoms with E-state index in [9.17, 15) is 9.59 Å². The van der Waals surface area contributed by atoms with Gasteiger partial charge in [0.25, 0.3) is 0 Å². The molecule has 0 aromatic heterocycles. The second-order valence-electron chi connectivity index (χ2n) is 6.02. The van der Waals surface area contributed by atoms with Crippen LogP contribution in [0.1, 0.15) is 13.8 Å². The van der Waals surface area contributed by atoms with E-state index in [4.69, 9.17) is 0 Å². The van der Waals surface area contributed by atoms with Gasteiger partial charge in [0.2, 0.25) is 11.8 Å². The van der Waals surface area contributed by atoms with Crippen LogP contribution in [0.15, 0.2) is 71.6 Å². The fourth-order valence-electron chi connectivity index (χ4n) is 2.58. The first-order chi connectivity index (χ1) is 12.5. The third kappa shape index (κ3) is 4.64. The van der Waals surface area contributed by atoms with E-state index in [1.165, 1.54) is 29.5 Å². The number of anilines is 2. The Bertz CT molecular complexity index is 938. The van der Waals surface area contributed by atoms with Gasteiger partial charge >= 0.3 is 0 Å². The Hall–Kier alpha value is -2.79. The van der Waals surface area contributed by atoms with Crippen molar-refractivity contribution >= 4 is 45.7 Å². The summed E-state index contributed by atoms with van der Waals surface area (Å²) in [6.45, 7) is 3.35. The number of carbonyl (C=O) groups excluding carboxylic acids is 2. The Morgan fingerprint density at radius 1 is 0.846 bits per heavy atom. The van der Waals surface area contributed by atoms with Crippen molar-refractivity contribution in [3.63, 3.8) is 0 Å². The fraction of sp³-hybridized carbons (Fsp3) is 0.143. The minimum absolute atomic E-state index is 0.0598. The smallest absolute Gasteiger partial charge is 0.237 e. The number of carbonyl (C=O) groups is 2. The van der Waals surface area contributed by atoms with Crippen LogP contribution in [0, 0.1) is 0 Å². The molecule has 2 N–H and O–H groups in total. The molecular weight excluding hydrogens is 344 g/mol. The van der Waals surface area contributed by atoms with Crippen molar-refractivity contribution in [1.82, 2.24) is 0 Å². The van der Waals surface area contributed by atoms with Crippen LogP contribution in [0.2, 0.25) is 0 Å². The number of rotatable bonds is 5. The third-order valence-corrected chi connectivity index (χ3v) is 4.97. The van der Waals surface area contributed by atoms with Crippen LogP contribution in [0.4, 0.5) is 11.4 Å². The van der Waals surface area contributed by atoms with E-state index >= 15 is 0 Å². The van der Waals surface area contributed by atoms with Crippen molar-refractivity contribution in [3.8, 4) is 0 Å². The number of fused-ring (bicyclic) bond motifs is 1. The lowest BCUT2D eigenvalue weighted by atomic mass is 10.1. The van der Waals surface area contributed by atoms with E-state index in [-0.39, 0.29) is 17.1 Å². The molecule has 1 atom stereocenters. The molecule has 5 heteroatoms. The quantitative estimate of drug-likeness (QED) is 0.632. The van der Waals surface area contributed by atoms with Gasteiger partial charge in [-0.25, -0.2) is 0 Å². The van der Waals surface area contributed by atoms with Gasteiger partial charge in [-0.1, -0.05) is 30.3 Å². The van der Waals surface area contributed by atoms with E-state index in [1.807, 2.05) is 25.1 Å². The molecule has 3 aromatic rings. The minimum Gasteiger partial charge on any atom is -0.326 e. The summed E-state index contributed by atoms with van der Waals surface area (Å²) in [6, 6.07) is 21.5. The van der Waals surface area contributed by atoms with Crippen LogP contribution in [-0.2, 0) is 9.59 Å². The van der Waals surface area contributed by atoms with Gasteiger partial charge in [0.1, 0.15) is 0 Å². The van der Waals surface area contributed by atoms with E-state index in [1.54, 1.807) is 24.3 Å². The molecular formula is C21H20N2O2S. The predicted molar refractivity (Wildman–Crippen MR) is 109 cm³/mol. The number of hydrogen-bond acceptors (Lipinski definition) is 3. The van der Waals surface area contributed by atoms with E-state index < -0.39 is 0 Å². The van der Waals surface area contributed by atoms with Crippen LogP contribution < -0.4 is 10.6 Å². The van der Waals surface area contributed by atoms with Gasteiger partial charge in [0.05, 0.1) is 5.25 Å². The monoisotopic (exact) mass is 364 g/mol. The predicted octanol–water partition coefficient (Wildman–Crippen LogP) is 4.92. The third-order valence-electron chi connectivity index (χ3n) is 3.88. The standard InChI is InChI=1S/C21H20N2O2S/c1-14(26-20-12-7-16-5-3-4-6-17(16)13-20)21(25)23-19-10-8-18(9-11-19)22-15(2)24/h3-14H,1-2H3,(H,22,24)(H,23,25)/t14-/m1/s1. The van der Waals surface area contributed by atoms with E-state index in [0.717, 1.165) is 4.90 Å². The summed E-state index contributed by atoms with van der Waals surface area (Å²) in [5.41, 5.74) is 1.41. The highest BCUT2D eigenvalue weighted by Crippen LogP contribution is 2.27. The number of benzene rings is 3. The Labute approximate surface area is 157 Å². The van der Waals surface area contributed by atoms with Gasteiger partial charge in [-0.05, 0) is 54.1 Å². The maximum atomic E-state index is 12.4. The number of thioether (sulfide) groups is 1. The first-order valence-electron chi connectivity index (χ1n) is 8.35. The average Bonchev–Trinajstić information content (AvgIpc) is 2.62. The molecule has 0 saturated carbocycles. The zero-order valence-corrected chi connectivity index (χ0v) is 15.5. The van der Waals surface area contributed by atoms with Crippen molar-refractivity contribution in [1.29, 1.82) is 0 Å². The molecule has 4 nitrogen and oxygen atoms in total. The van der Waals surface area contributed by atoms with Crippen molar-refractivity contribution < 1.29 is 9.59 Å². The van der Waals surface area contributed by atoms with Crippen molar-refractivity contribution in [2.24, 2.45) is 0 Å². The van der Waals surface area contributed by atoms with Gasteiger partial charge in [0, 0.05) is 23.2 Å². The van der Waals surface area contributed by atoms with Crippen molar-refractivity contribution in [2.75, 3.05) is 10.6 Å². The van der Waals surface area contributed by atoms with Gasteiger partial charge in [-0.15, -0.1) is 11.8 Å². The molecule has 132 valence electrons. The highest BCUT2D eigenvalue weighted by molar-refractivity contribution is 8.00. The first kappa shape index (κ1) is 18.0. The average molecular weight is 364 g/mol. The molecule has 3 rings (SSSR count).